The van der Waals surface area contributed by atoms with E-state index in [1.54, 1.807) is 6.08 Å². The first kappa shape index (κ1) is 19.2. The van der Waals surface area contributed by atoms with Gasteiger partial charge in [-0.15, -0.1) is 0 Å². The quantitative estimate of drug-likeness (QED) is 0.536. The van der Waals surface area contributed by atoms with Gasteiger partial charge in [0.05, 0.1) is 6.10 Å². The lowest BCUT2D eigenvalue weighted by molar-refractivity contribution is -0.148. The highest BCUT2D eigenvalue weighted by Gasteiger charge is 2.80. The summed E-state index contributed by atoms with van der Waals surface area (Å²) in [5.74, 6) is -0.668. The zero-order valence-corrected chi connectivity index (χ0v) is 17.1. The summed E-state index contributed by atoms with van der Waals surface area (Å²) in [4.78, 5) is 35.9. The largest absolute Gasteiger partial charge is 0.458 e. The SMILES string of the molecule is CC(=O)OCC(=O)[C@H]1CC[C@H]2[C@@H]3C[C@H](F)C4=CC(=O)C=C[C@]4(C)[C@@]34O[C@H]4C[C@]12C. The Morgan fingerprint density at radius 3 is 2.76 bits per heavy atom. The van der Waals surface area contributed by atoms with E-state index in [0.717, 1.165) is 19.3 Å². The highest BCUT2D eigenvalue weighted by Crippen LogP contribution is 2.75. The molecule has 29 heavy (non-hydrogen) atoms. The van der Waals surface area contributed by atoms with E-state index in [0.29, 0.717) is 12.0 Å². The third-order valence-electron chi connectivity index (χ3n) is 8.72. The fraction of sp³-hybridized carbons (Fsp3) is 0.696. The van der Waals surface area contributed by atoms with Gasteiger partial charge in [-0.05, 0) is 67.6 Å². The van der Waals surface area contributed by atoms with Crippen molar-refractivity contribution in [2.75, 3.05) is 6.61 Å². The number of alkyl halides is 1. The zero-order chi connectivity index (χ0) is 20.8. The molecule has 0 N–H and O–H groups in total. The van der Waals surface area contributed by atoms with Crippen LogP contribution >= 0.6 is 0 Å². The van der Waals surface area contributed by atoms with Gasteiger partial charge < -0.3 is 9.47 Å². The molecule has 1 spiro atoms. The fourth-order valence-corrected chi connectivity index (χ4v) is 7.44. The molecule has 0 amide bonds. The predicted octanol–water partition coefficient (Wildman–Crippen LogP) is 3.12. The molecule has 3 saturated carbocycles. The molecule has 0 aromatic heterocycles. The molecule has 0 bridgehead atoms. The molecule has 5 nitrogen and oxygen atoms in total. The molecule has 0 unspecified atom stereocenters. The maximum absolute atomic E-state index is 15.3. The van der Waals surface area contributed by atoms with Gasteiger partial charge in [0.15, 0.2) is 11.6 Å². The molecule has 156 valence electrons. The first-order chi connectivity index (χ1) is 13.6. The van der Waals surface area contributed by atoms with Crippen LogP contribution < -0.4 is 0 Å². The van der Waals surface area contributed by atoms with E-state index in [2.05, 4.69) is 6.92 Å². The second kappa shape index (κ2) is 5.87. The predicted molar refractivity (Wildman–Crippen MR) is 102 cm³/mol. The minimum absolute atomic E-state index is 0.00720. The Morgan fingerprint density at radius 2 is 2.03 bits per heavy atom. The van der Waals surface area contributed by atoms with Crippen molar-refractivity contribution in [3.8, 4) is 0 Å². The van der Waals surface area contributed by atoms with Crippen LogP contribution in [0.3, 0.4) is 0 Å². The minimum Gasteiger partial charge on any atom is -0.458 e. The van der Waals surface area contributed by atoms with Gasteiger partial charge in [0.2, 0.25) is 0 Å². The van der Waals surface area contributed by atoms with Crippen molar-refractivity contribution in [1.82, 2.24) is 0 Å². The summed E-state index contributed by atoms with van der Waals surface area (Å²) < 4.78 is 26.7. The average molecular weight is 402 g/mol. The summed E-state index contributed by atoms with van der Waals surface area (Å²) in [7, 11) is 0. The number of halogens is 1. The molecular formula is C23H27FO5. The Balaban J connectivity index is 1.48. The third kappa shape index (κ3) is 2.32. The molecule has 0 aromatic rings. The fourth-order valence-electron chi connectivity index (χ4n) is 7.44. The second-order valence-electron chi connectivity index (χ2n) is 9.94. The highest BCUT2D eigenvalue weighted by molar-refractivity contribution is 6.01. The number of hydrogen-bond acceptors (Lipinski definition) is 5. The van der Waals surface area contributed by atoms with Crippen molar-refractivity contribution in [2.45, 2.75) is 64.3 Å². The van der Waals surface area contributed by atoms with Gasteiger partial charge in [0, 0.05) is 18.3 Å². The van der Waals surface area contributed by atoms with E-state index in [-0.39, 0.29) is 47.4 Å². The number of fused-ring (bicyclic) bond motifs is 3. The summed E-state index contributed by atoms with van der Waals surface area (Å²) in [6, 6.07) is 0. The van der Waals surface area contributed by atoms with Crippen molar-refractivity contribution in [1.29, 1.82) is 0 Å². The van der Waals surface area contributed by atoms with Crippen LogP contribution in [0.25, 0.3) is 0 Å². The third-order valence-corrected chi connectivity index (χ3v) is 8.72. The van der Waals surface area contributed by atoms with Crippen molar-refractivity contribution in [3.05, 3.63) is 23.8 Å². The molecule has 8 atom stereocenters. The Bertz CT molecular complexity index is 876. The smallest absolute Gasteiger partial charge is 0.303 e. The monoisotopic (exact) mass is 402 g/mol. The number of carbonyl (C=O) groups excluding carboxylic acids is 3. The summed E-state index contributed by atoms with van der Waals surface area (Å²) in [6.45, 7) is 5.25. The van der Waals surface area contributed by atoms with Crippen LogP contribution in [0.4, 0.5) is 4.39 Å². The molecule has 4 aliphatic carbocycles. The summed E-state index contributed by atoms with van der Waals surface area (Å²) in [6.07, 6.45) is 6.30. The number of Topliss-reactive ketones (excluding diaryl/α,β-unsaturated/α-hetero) is 1. The van der Waals surface area contributed by atoms with Crippen LogP contribution in [0.2, 0.25) is 0 Å². The van der Waals surface area contributed by atoms with E-state index in [9.17, 15) is 14.4 Å². The summed E-state index contributed by atoms with van der Waals surface area (Å²) in [5.41, 5.74) is -0.822. The van der Waals surface area contributed by atoms with E-state index in [1.807, 2.05) is 13.0 Å². The number of ether oxygens (including phenoxy) is 2. The lowest BCUT2D eigenvalue weighted by Crippen LogP contribution is -2.59. The first-order valence-corrected chi connectivity index (χ1v) is 10.6. The second-order valence-corrected chi connectivity index (χ2v) is 9.94. The molecular weight excluding hydrogens is 375 g/mol. The van der Waals surface area contributed by atoms with E-state index in [4.69, 9.17) is 9.47 Å². The Labute approximate surface area is 169 Å². The number of carbonyl (C=O) groups is 3. The Morgan fingerprint density at radius 1 is 1.28 bits per heavy atom. The van der Waals surface area contributed by atoms with Crippen molar-refractivity contribution >= 4 is 17.5 Å². The van der Waals surface area contributed by atoms with Crippen molar-refractivity contribution in [2.24, 2.45) is 28.6 Å². The molecule has 5 rings (SSSR count). The summed E-state index contributed by atoms with van der Waals surface area (Å²) in [5, 5.41) is 0. The molecule has 5 aliphatic rings. The van der Waals surface area contributed by atoms with Crippen LogP contribution in [-0.2, 0) is 23.9 Å². The molecule has 1 heterocycles. The van der Waals surface area contributed by atoms with Gasteiger partial charge in [-0.3, -0.25) is 14.4 Å². The van der Waals surface area contributed by atoms with E-state index in [1.165, 1.54) is 13.0 Å². The standard InChI is InChI=1S/C23H27FO5/c1-12(25)28-11-19(27)15-5-4-14-16-9-18(24)17-8-13(26)6-7-22(17,3)23(16)20(29-23)10-21(14,15)2/h6-8,14-16,18,20H,4-5,9-11H2,1-3H3/t14-,15+,16-,18-,20-,21-,22-,23+/m0/s1. The number of ketones is 2. The van der Waals surface area contributed by atoms with Gasteiger partial charge in [0.1, 0.15) is 18.4 Å². The number of allylic oxidation sites excluding steroid dienone is 2. The van der Waals surface area contributed by atoms with Gasteiger partial charge in [0.25, 0.3) is 0 Å². The minimum atomic E-state index is -1.17. The van der Waals surface area contributed by atoms with Gasteiger partial charge in [-0.25, -0.2) is 4.39 Å². The van der Waals surface area contributed by atoms with Crippen LogP contribution in [0, 0.1) is 28.6 Å². The van der Waals surface area contributed by atoms with Crippen LogP contribution in [0.1, 0.15) is 46.5 Å². The van der Waals surface area contributed by atoms with Gasteiger partial charge >= 0.3 is 5.97 Å². The van der Waals surface area contributed by atoms with E-state index >= 15 is 4.39 Å². The molecule has 4 fully saturated rings. The maximum atomic E-state index is 15.3. The first-order valence-electron chi connectivity index (χ1n) is 10.6. The zero-order valence-electron chi connectivity index (χ0n) is 17.1. The Kier molecular flexibility index (Phi) is 3.88. The van der Waals surface area contributed by atoms with Crippen LogP contribution in [-0.4, -0.2) is 42.0 Å². The van der Waals surface area contributed by atoms with Crippen LogP contribution in [0.15, 0.2) is 23.8 Å². The summed E-state index contributed by atoms with van der Waals surface area (Å²) >= 11 is 0. The van der Waals surface area contributed by atoms with Crippen molar-refractivity contribution in [3.63, 3.8) is 0 Å². The number of rotatable bonds is 3. The van der Waals surface area contributed by atoms with Crippen LogP contribution in [0.5, 0.6) is 0 Å². The number of esters is 1. The molecule has 0 radical (unpaired) electrons. The van der Waals surface area contributed by atoms with Gasteiger partial charge in [-0.2, -0.15) is 0 Å². The van der Waals surface area contributed by atoms with Crippen molar-refractivity contribution < 1.29 is 28.2 Å². The molecule has 1 saturated heterocycles. The maximum Gasteiger partial charge on any atom is 0.303 e. The van der Waals surface area contributed by atoms with E-state index < -0.39 is 23.2 Å². The number of hydrogen-bond donors (Lipinski definition) is 0. The Hall–Kier alpha value is -1.82. The average Bonchev–Trinajstić information content (AvgIpc) is 3.27. The lowest BCUT2D eigenvalue weighted by atomic mass is 9.47. The molecule has 0 aromatic carbocycles. The highest BCUT2D eigenvalue weighted by atomic mass is 19.1. The molecule has 1 aliphatic heterocycles. The lowest BCUT2D eigenvalue weighted by Gasteiger charge is -2.55. The molecule has 6 heteroatoms. The topological polar surface area (TPSA) is 73.0 Å². The van der Waals surface area contributed by atoms with Gasteiger partial charge in [-0.1, -0.05) is 13.0 Å². The number of epoxide rings is 1. The normalized spacial score (nSPS) is 49.3.